The first-order valence-electron chi connectivity index (χ1n) is 8.95. The summed E-state index contributed by atoms with van der Waals surface area (Å²) in [6.07, 6.45) is 1.77. The summed E-state index contributed by atoms with van der Waals surface area (Å²) in [6.45, 7) is 4.15. The van der Waals surface area contributed by atoms with Gasteiger partial charge in [0.15, 0.2) is 0 Å². The Kier molecular flexibility index (Phi) is 5.41. The Hall–Kier alpha value is -2.77. The van der Waals surface area contributed by atoms with Crippen LogP contribution < -0.4 is 21.3 Å². The summed E-state index contributed by atoms with van der Waals surface area (Å²) >= 11 is 1.58. The Bertz CT molecular complexity index is 876. The van der Waals surface area contributed by atoms with E-state index in [9.17, 15) is 0 Å². The zero-order valence-corrected chi connectivity index (χ0v) is 15.7. The van der Waals surface area contributed by atoms with Crippen molar-refractivity contribution in [2.45, 2.75) is 9.92 Å². The Labute approximate surface area is 163 Å². The van der Waals surface area contributed by atoms with Crippen molar-refractivity contribution in [3.63, 3.8) is 0 Å². The molecule has 6 nitrogen and oxygen atoms in total. The van der Waals surface area contributed by atoms with E-state index in [0.717, 1.165) is 47.5 Å². The summed E-state index contributed by atoms with van der Waals surface area (Å²) in [7, 11) is 0. The van der Waals surface area contributed by atoms with Crippen LogP contribution in [0.1, 0.15) is 0 Å². The minimum atomic E-state index is 0.588. The van der Waals surface area contributed by atoms with Crippen LogP contribution in [0.25, 0.3) is 0 Å². The summed E-state index contributed by atoms with van der Waals surface area (Å²) in [6, 6.07) is 18.1. The maximum absolute atomic E-state index is 5.74. The molecule has 4 rings (SSSR count). The molecule has 0 bridgehead atoms. The average molecular weight is 379 g/mol. The Balaban J connectivity index is 1.42. The predicted octanol–water partition coefficient (Wildman–Crippen LogP) is 3.36. The second-order valence-corrected chi connectivity index (χ2v) is 7.39. The molecule has 1 saturated heterocycles. The van der Waals surface area contributed by atoms with Crippen LogP contribution in [-0.4, -0.2) is 36.1 Å². The van der Waals surface area contributed by atoms with Crippen molar-refractivity contribution in [1.82, 2.24) is 15.3 Å². The van der Waals surface area contributed by atoms with Crippen LogP contribution in [0.3, 0.4) is 0 Å². The number of nitrogens with zero attached hydrogens (tertiary/aromatic N) is 3. The van der Waals surface area contributed by atoms with E-state index in [1.54, 1.807) is 18.0 Å². The van der Waals surface area contributed by atoms with E-state index < -0.39 is 0 Å². The second-order valence-electron chi connectivity index (χ2n) is 6.30. The Morgan fingerprint density at radius 2 is 1.70 bits per heavy atom. The lowest BCUT2D eigenvalue weighted by Gasteiger charge is -2.29. The number of piperazine rings is 1. The molecule has 1 aliphatic heterocycles. The van der Waals surface area contributed by atoms with Gasteiger partial charge in [-0.15, -0.1) is 0 Å². The smallest absolute Gasteiger partial charge is 0.228 e. The van der Waals surface area contributed by atoms with Gasteiger partial charge in [0.1, 0.15) is 5.03 Å². The normalized spacial score (nSPS) is 14.1. The number of hydrogen-bond acceptors (Lipinski definition) is 7. The molecule has 3 aromatic rings. The Morgan fingerprint density at radius 3 is 2.44 bits per heavy atom. The molecule has 27 heavy (non-hydrogen) atoms. The quantitative estimate of drug-likeness (QED) is 0.464. The first-order chi connectivity index (χ1) is 13.3. The fourth-order valence-electron chi connectivity index (χ4n) is 2.92. The molecular formula is C20H22N6S. The van der Waals surface area contributed by atoms with Crippen molar-refractivity contribution in [3.05, 3.63) is 60.8 Å². The first-order valence-corrected chi connectivity index (χ1v) is 9.77. The van der Waals surface area contributed by atoms with E-state index in [0.29, 0.717) is 5.95 Å². The van der Waals surface area contributed by atoms with Crippen molar-refractivity contribution >= 4 is 34.8 Å². The van der Waals surface area contributed by atoms with Crippen LogP contribution in [0.2, 0.25) is 0 Å². The minimum Gasteiger partial charge on any atom is -0.399 e. The SMILES string of the molecule is Nc1ccc(Sc2ccnc(Nc3ccc(N4CCNCC4)cc3)n2)cc1. The van der Waals surface area contributed by atoms with E-state index in [2.05, 4.69) is 49.8 Å². The molecule has 0 unspecified atom stereocenters. The zero-order valence-electron chi connectivity index (χ0n) is 14.9. The molecule has 1 fully saturated rings. The highest BCUT2D eigenvalue weighted by Crippen LogP contribution is 2.27. The maximum atomic E-state index is 5.74. The van der Waals surface area contributed by atoms with Crippen molar-refractivity contribution in [2.75, 3.05) is 42.1 Å². The van der Waals surface area contributed by atoms with Crippen LogP contribution in [-0.2, 0) is 0 Å². The van der Waals surface area contributed by atoms with Crippen molar-refractivity contribution in [3.8, 4) is 0 Å². The zero-order chi connectivity index (χ0) is 18.5. The summed E-state index contributed by atoms with van der Waals surface area (Å²) in [5.41, 5.74) is 8.72. The lowest BCUT2D eigenvalue weighted by molar-refractivity contribution is 0.589. The van der Waals surface area contributed by atoms with E-state index >= 15 is 0 Å². The Morgan fingerprint density at radius 1 is 0.963 bits per heavy atom. The second kappa shape index (κ2) is 8.28. The summed E-state index contributed by atoms with van der Waals surface area (Å²) in [5.74, 6) is 0.588. The predicted molar refractivity (Wildman–Crippen MR) is 112 cm³/mol. The highest BCUT2D eigenvalue weighted by atomic mass is 32.2. The lowest BCUT2D eigenvalue weighted by atomic mass is 10.2. The minimum absolute atomic E-state index is 0.588. The molecule has 0 spiro atoms. The molecule has 4 N–H and O–H groups in total. The van der Waals surface area contributed by atoms with E-state index in [1.807, 2.05) is 30.3 Å². The number of nitrogen functional groups attached to an aromatic ring is 1. The summed E-state index contributed by atoms with van der Waals surface area (Å²) in [4.78, 5) is 12.4. The number of hydrogen-bond donors (Lipinski definition) is 3. The third-order valence-corrected chi connectivity index (χ3v) is 5.28. The highest BCUT2D eigenvalue weighted by Gasteiger charge is 2.10. The molecule has 138 valence electrons. The van der Waals surface area contributed by atoms with Crippen molar-refractivity contribution in [1.29, 1.82) is 0 Å². The first kappa shape index (κ1) is 17.6. The van der Waals surface area contributed by atoms with Gasteiger partial charge in [-0.2, -0.15) is 0 Å². The number of rotatable bonds is 5. The lowest BCUT2D eigenvalue weighted by Crippen LogP contribution is -2.43. The average Bonchev–Trinajstić information content (AvgIpc) is 2.71. The number of benzene rings is 2. The number of anilines is 4. The molecule has 2 aromatic carbocycles. The third kappa shape index (κ3) is 4.69. The van der Waals surface area contributed by atoms with Gasteiger partial charge in [-0.1, -0.05) is 11.8 Å². The molecular weight excluding hydrogens is 356 g/mol. The monoisotopic (exact) mass is 378 g/mol. The molecule has 0 amide bonds. The largest absolute Gasteiger partial charge is 0.399 e. The van der Waals surface area contributed by atoms with Gasteiger partial charge in [0.2, 0.25) is 5.95 Å². The fourth-order valence-corrected chi connectivity index (χ4v) is 3.70. The van der Waals surface area contributed by atoms with Crippen LogP contribution in [0.5, 0.6) is 0 Å². The number of nitrogens with one attached hydrogen (secondary N) is 2. The van der Waals surface area contributed by atoms with E-state index in [4.69, 9.17) is 5.73 Å². The molecule has 0 atom stereocenters. The van der Waals surface area contributed by atoms with E-state index in [-0.39, 0.29) is 0 Å². The molecule has 2 heterocycles. The van der Waals surface area contributed by atoms with Gasteiger partial charge in [-0.25, -0.2) is 9.97 Å². The topological polar surface area (TPSA) is 79.1 Å². The van der Waals surface area contributed by atoms with E-state index in [1.165, 1.54) is 5.69 Å². The van der Waals surface area contributed by atoms with Crippen molar-refractivity contribution < 1.29 is 0 Å². The highest BCUT2D eigenvalue weighted by molar-refractivity contribution is 7.99. The number of aromatic nitrogens is 2. The van der Waals surface area contributed by atoms with Gasteiger partial charge in [-0.3, -0.25) is 0 Å². The maximum Gasteiger partial charge on any atom is 0.228 e. The molecule has 1 aromatic heterocycles. The standard InChI is InChI=1S/C20H22N6S/c21-15-1-7-18(8-2-15)27-19-9-10-23-20(25-19)24-16-3-5-17(6-4-16)26-13-11-22-12-14-26/h1-10,22H,11-14,21H2,(H,23,24,25). The summed E-state index contributed by atoms with van der Waals surface area (Å²) in [5, 5.41) is 7.54. The van der Waals surface area contributed by atoms with Crippen LogP contribution in [0, 0.1) is 0 Å². The molecule has 0 radical (unpaired) electrons. The van der Waals surface area contributed by atoms with Gasteiger partial charge >= 0.3 is 0 Å². The van der Waals surface area contributed by atoms with Gasteiger partial charge < -0.3 is 21.3 Å². The van der Waals surface area contributed by atoms with Crippen LogP contribution in [0.15, 0.2) is 70.7 Å². The summed E-state index contributed by atoms with van der Waals surface area (Å²) < 4.78 is 0. The fraction of sp³-hybridized carbons (Fsp3) is 0.200. The molecule has 1 aliphatic rings. The third-order valence-electron chi connectivity index (χ3n) is 4.34. The van der Waals surface area contributed by atoms with Gasteiger partial charge in [0.25, 0.3) is 0 Å². The van der Waals surface area contributed by atoms with Gasteiger partial charge in [0, 0.05) is 54.3 Å². The molecule has 7 heteroatoms. The molecule has 0 aliphatic carbocycles. The number of nitrogens with two attached hydrogens (primary N) is 1. The van der Waals surface area contributed by atoms with Crippen LogP contribution in [0.4, 0.5) is 23.0 Å². The van der Waals surface area contributed by atoms with Crippen LogP contribution >= 0.6 is 11.8 Å². The molecule has 0 saturated carbocycles. The van der Waals surface area contributed by atoms with Gasteiger partial charge in [-0.05, 0) is 54.6 Å². The van der Waals surface area contributed by atoms with Gasteiger partial charge in [0.05, 0.1) is 0 Å². The van der Waals surface area contributed by atoms with Crippen molar-refractivity contribution in [2.24, 2.45) is 0 Å².